The lowest BCUT2D eigenvalue weighted by atomic mass is 9.74. The summed E-state index contributed by atoms with van der Waals surface area (Å²) >= 11 is 0. The highest BCUT2D eigenvalue weighted by Gasteiger charge is 2.41. The van der Waals surface area contributed by atoms with Crippen molar-refractivity contribution in [3.05, 3.63) is 0 Å². The highest BCUT2D eigenvalue weighted by Crippen LogP contribution is 2.33. The zero-order valence-corrected chi connectivity index (χ0v) is 7.79. The van der Waals surface area contributed by atoms with Crippen LogP contribution in [-0.4, -0.2) is 11.1 Å². The van der Waals surface area contributed by atoms with Crippen LogP contribution in [0.5, 0.6) is 0 Å². The smallest absolute Gasteiger partial charge is 0.324 e. The van der Waals surface area contributed by atoms with Crippen LogP contribution < -0.4 is 0 Å². The van der Waals surface area contributed by atoms with Crippen LogP contribution in [0.25, 0.3) is 0 Å². The van der Waals surface area contributed by atoms with Crippen LogP contribution in [0.4, 0.5) is 0 Å². The number of carbonyl (C=O) groups is 1. The molecule has 2 atom stereocenters. The van der Waals surface area contributed by atoms with Gasteiger partial charge in [-0.2, -0.15) is 5.26 Å². The second kappa shape index (κ2) is 4.10. The molecule has 0 aliphatic rings. The Morgan fingerprint density at radius 2 is 2.17 bits per heavy atom. The van der Waals surface area contributed by atoms with Crippen molar-refractivity contribution in [1.82, 2.24) is 0 Å². The lowest BCUT2D eigenvalue weighted by Gasteiger charge is -2.25. The van der Waals surface area contributed by atoms with Crippen molar-refractivity contribution in [2.45, 2.75) is 33.6 Å². The Kier molecular flexibility index (Phi) is 3.75. The van der Waals surface area contributed by atoms with Crippen molar-refractivity contribution in [2.75, 3.05) is 0 Å². The molecule has 0 spiro atoms. The van der Waals surface area contributed by atoms with E-state index in [2.05, 4.69) is 0 Å². The molecule has 0 rings (SSSR count). The van der Waals surface area contributed by atoms with Gasteiger partial charge in [0.15, 0.2) is 5.41 Å². The Labute approximate surface area is 73.0 Å². The van der Waals surface area contributed by atoms with E-state index in [0.717, 1.165) is 0 Å². The number of carboxylic acids is 1. The summed E-state index contributed by atoms with van der Waals surface area (Å²) in [5, 5.41) is 17.7. The molecule has 0 saturated heterocycles. The number of rotatable bonds is 4. The first-order valence-corrected chi connectivity index (χ1v) is 4.19. The highest BCUT2D eigenvalue weighted by molar-refractivity contribution is 5.78. The van der Waals surface area contributed by atoms with E-state index in [1.54, 1.807) is 13.8 Å². The number of hydrogen-bond donors (Lipinski definition) is 1. The Bertz CT molecular complexity index is 207. The molecule has 0 amide bonds. The fourth-order valence-electron chi connectivity index (χ4n) is 1.30. The van der Waals surface area contributed by atoms with Crippen LogP contribution in [-0.2, 0) is 4.79 Å². The third-order valence-corrected chi connectivity index (χ3v) is 2.59. The highest BCUT2D eigenvalue weighted by atomic mass is 16.4. The maximum atomic E-state index is 10.9. The molecule has 0 fully saturated rings. The average molecular weight is 169 g/mol. The van der Waals surface area contributed by atoms with Crippen molar-refractivity contribution >= 4 is 5.97 Å². The normalized spacial score (nSPS) is 17.5. The SMILES string of the molecule is CCC(C)C(C#N)(CC)C(=O)O. The summed E-state index contributed by atoms with van der Waals surface area (Å²) in [6, 6.07) is 1.92. The van der Waals surface area contributed by atoms with Crippen molar-refractivity contribution < 1.29 is 9.90 Å². The first kappa shape index (κ1) is 11.0. The van der Waals surface area contributed by atoms with Crippen LogP contribution in [0.15, 0.2) is 0 Å². The van der Waals surface area contributed by atoms with E-state index < -0.39 is 11.4 Å². The summed E-state index contributed by atoms with van der Waals surface area (Å²) < 4.78 is 0. The minimum atomic E-state index is -1.19. The minimum Gasteiger partial charge on any atom is -0.480 e. The molecule has 12 heavy (non-hydrogen) atoms. The molecule has 3 nitrogen and oxygen atoms in total. The number of nitrogens with zero attached hydrogens (tertiary/aromatic N) is 1. The molecule has 3 heteroatoms. The van der Waals surface area contributed by atoms with Gasteiger partial charge in [-0.25, -0.2) is 0 Å². The fraction of sp³-hybridized carbons (Fsp3) is 0.778. The molecule has 0 aromatic carbocycles. The average Bonchev–Trinajstić information content (AvgIpc) is 2.06. The molecule has 68 valence electrons. The number of hydrogen-bond acceptors (Lipinski definition) is 2. The Morgan fingerprint density at radius 1 is 1.67 bits per heavy atom. The summed E-state index contributed by atoms with van der Waals surface area (Å²) in [6.45, 7) is 5.44. The Morgan fingerprint density at radius 3 is 2.25 bits per heavy atom. The molecule has 0 radical (unpaired) electrons. The van der Waals surface area contributed by atoms with Gasteiger partial charge in [-0.1, -0.05) is 27.2 Å². The third-order valence-electron chi connectivity index (χ3n) is 2.59. The molecule has 0 aromatic heterocycles. The van der Waals surface area contributed by atoms with Gasteiger partial charge >= 0.3 is 5.97 Å². The van der Waals surface area contributed by atoms with E-state index >= 15 is 0 Å². The van der Waals surface area contributed by atoms with Crippen LogP contribution >= 0.6 is 0 Å². The topological polar surface area (TPSA) is 61.1 Å². The van der Waals surface area contributed by atoms with E-state index in [9.17, 15) is 4.79 Å². The second-order valence-electron chi connectivity index (χ2n) is 3.05. The summed E-state index contributed by atoms with van der Waals surface area (Å²) in [6.07, 6.45) is 1.08. The molecule has 0 aliphatic heterocycles. The molecular formula is C9H15NO2. The standard InChI is InChI=1S/C9H15NO2/c1-4-7(3)9(5-2,6-10)8(11)12/h7H,4-5H2,1-3H3,(H,11,12). The van der Waals surface area contributed by atoms with Gasteiger partial charge in [0.1, 0.15) is 0 Å². The van der Waals surface area contributed by atoms with E-state index in [0.29, 0.717) is 12.8 Å². The van der Waals surface area contributed by atoms with Gasteiger partial charge in [-0.05, 0) is 12.3 Å². The second-order valence-corrected chi connectivity index (χ2v) is 3.05. The Hall–Kier alpha value is -1.04. The summed E-state index contributed by atoms with van der Waals surface area (Å²) in [4.78, 5) is 10.9. The quantitative estimate of drug-likeness (QED) is 0.700. The van der Waals surface area contributed by atoms with Crippen molar-refractivity contribution in [3.8, 4) is 6.07 Å². The predicted octanol–water partition coefficient (Wildman–Crippen LogP) is 2.04. The first-order chi connectivity index (χ1) is 5.55. The van der Waals surface area contributed by atoms with E-state index in [4.69, 9.17) is 10.4 Å². The van der Waals surface area contributed by atoms with Crippen LogP contribution in [0, 0.1) is 22.7 Å². The molecule has 0 aromatic rings. The number of carboxylic acid groups (broad SMARTS) is 1. The molecule has 0 bridgehead atoms. The Balaban J connectivity index is 4.85. The minimum absolute atomic E-state index is 0.0926. The van der Waals surface area contributed by atoms with Gasteiger partial charge in [-0.3, -0.25) is 4.79 Å². The molecule has 0 heterocycles. The molecule has 0 aliphatic carbocycles. The summed E-state index contributed by atoms with van der Waals surface area (Å²) in [5.41, 5.74) is -1.19. The maximum Gasteiger partial charge on any atom is 0.324 e. The number of aliphatic carboxylic acids is 1. The zero-order valence-electron chi connectivity index (χ0n) is 7.79. The fourth-order valence-corrected chi connectivity index (χ4v) is 1.30. The van der Waals surface area contributed by atoms with Crippen molar-refractivity contribution in [2.24, 2.45) is 11.3 Å². The lowest BCUT2D eigenvalue weighted by molar-refractivity contribution is -0.148. The van der Waals surface area contributed by atoms with Gasteiger partial charge in [0, 0.05) is 0 Å². The van der Waals surface area contributed by atoms with Crippen LogP contribution in [0.1, 0.15) is 33.6 Å². The molecule has 2 unspecified atom stereocenters. The monoisotopic (exact) mass is 169 g/mol. The van der Waals surface area contributed by atoms with Gasteiger partial charge in [0.05, 0.1) is 6.07 Å². The molecule has 1 N–H and O–H groups in total. The first-order valence-electron chi connectivity index (χ1n) is 4.19. The zero-order chi connectivity index (χ0) is 9.78. The predicted molar refractivity (Wildman–Crippen MR) is 45.4 cm³/mol. The van der Waals surface area contributed by atoms with E-state index in [1.165, 1.54) is 0 Å². The van der Waals surface area contributed by atoms with E-state index in [1.807, 2.05) is 13.0 Å². The van der Waals surface area contributed by atoms with E-state index in [-0.39, 0.29) is 5.92 Å². The van der Waals surface area contributed by atoms with Gasteiger partial charge in [0.25, 0.3) is 0 Å². The van der Waals surface area contributed by atoms with Gasteiger partial charge in [-0.15, -0.1) is 0 Å². The van der Waals surface area contributed by atoms with Crippen LogP contribution in [0.2, 0.25) is 0 Å². The lowest BCUT2D eigenvalue weighted by Crippen LogP contribution is -2.35. The summed E-state index contributed by atoms with van der Waals surface area (Å²) in [5.74, 6) is -1.09. The number of nitriles is 1. The van der Waals surface area contributed by atoms with Gasteiger partial charge in [0.2, 0.25) is 0 Å². The molecule has 0 saturated carbocycles. The summed E-state index contributed by atoms with van der Waals surface area (Å²) in [7, 11) is 0. The largest absolute Gasteiger partial charge is 0.480 e. The van der Waals surface area contributed by atoms with Crippen LogP contribution in [0.3, 0.4) is 0 Å². The van der Waals surface area contributed by atoms with Crippen molar-refractivity contribution in [3.63, 3.8) is 0 Å². The maximum absolute atomic E-state index is 10.9. The van der Waals surface area contributed by atoms with Crippen molar-refractivity contribution in [1.29, 1.82) is 5.26 Å². The third kappa shape index (κ3) is 1.58. The van der Waals surface area contributed by atoms with Gasteiger partial charge < -0.3 is 5.11 Å². The molecular weight excluding hydrogens is 154 g/mol.